The van der Waals surface area contributed by atoms with E-state index in [-0.39, 0.29) is 11.9 Å². The number of hydrogen-bond acceptors (Lipinski definition) is 3. The second-order valence-electron chi connectivity index (χ2n) is 3.96. The van der Waals surface area contributed by atoms with Gasteiger partial charge in [0.2, 0.25) is 0 Å². The van der Waals surface area contributed by atoms with Crippen LogP contribution in [0.2, 0.25) is 0 Å². The Morgan fingerprint density at radius 3 is 3.06 bits per heavy atom. The second kappa shape index (κ2) is 5.16. The van der Waals surface area contributed by atoms with Crippen LogP contribution in [0.5, 0.6) is 0 Å². The minimum Gasteiger partial charge on any atom is -0.378 e. The number of aromatic nitrogens is 1. The van der Waals surface area contributed by atoms with Crippen LogP contribution in [0.4, 0.5) is 4.39 Å². The fraction of sp³-hybridized carbons (Fsp3) is 0.500. The molecule has 1 aromatic heterocycles. The van der Waals surface area contributed by atoms with Crippen LogP contribution < -0.4 is 0 Å². The third-order valence-corrected chi connectivity index (χ3v) is 2.73. The van der Waals surface area contributed by atoms with Crippen LogP contribution in [0.25, 0.3) is 0 Å². The summed E-state index contributed by atoms with van der Waals surface area (Å²) < 4.78 is 18.0. The van der Waals surface area contributed by atoms with Gasteiger partial charge in [0, 0.05) is 13.0 Å². The molecule has 1 aliphatic rings. The van der Waals surface area contributed by atoms with E-state index in [1.54, 1.807) is 0 Å². The van der Waals surface area contributed by atoms with E-state index >= 15 is 0 Å². The fourth-order valence-corrected chi connectivity index (χ4v) is 1.83. The van der Waals surface area contributed by atoms with Gasteiger partial charge in [0.15, 0.2) is 5.78 Å². The highest BCUT2D eigenvalue weighted by Crippen LogP contribution is 2.17. The van der Waals surface area contributed by atoms with Crippen molar-refractivity contribution in [2.24, 2.45) is 0 Å². The summed E-state index contributed by atoms with van der Waals surface area (Å²) in [4.78, 5) is 15.4. The first-order valence-electron chi connectivity index (χ1n) is 5.52. The molecule has 1 aromatic rings. The molecule has 2 rings (SSSR count). The summed E-state index contributed by atoms with van der Waals surface area (Å²) in [5, 5.41) is 0. The number of nitrogens with zero attached hydrogens (tertiary/aromatic N) is 1. The van der Waals surface area contributed by atoms with Crippen LogP contribution in [0.3, 0.4) is 0 Å². The lowest BCUT2D eigenvalue weighted by Crippen LogP contribution is -2.09. The van der Waals surface area contributed by atoms with Crippen molar-refractivity contribution < 1.29 is 13.9 Å². The molecule has 2 heterocycles. The third-order valence-electron chi connectivity index (χ3n) is 2.73. The summed E-state index contributed by atoms with van der Waals surface area (Å²) in [6.45, 7) is 0.799. The first-order chi connectivity index (χ1) is 7.75. The molecule has 1 aliphatic heterocycles. The Kier molecular flexibility index (Phi) is 3.62. The number of pyridine rings is 1. The number of ketones is 1. The molecule has 0 aliphatic carbocycles. The average Bonchev–Trinajstić information content (AvgIpc) is 2.80. The van der Waals surface area contributed by atoms with Gasteiger partial charge in [0.1, 0.15) is 11.5 Å². The zero-order chi connectivity index (χ0) is 11.4. The maximum absolute atomic E-state index is 12.6. The summed E-state index contributed by atoms with van der Waals surface area (Å²) in [6, 6.07) is 2.68. The molecule has 0 aromatic carbocycles. The Morgan fingerprint density at radius 1 is 1.56 bits per heavy atom. The molecular formula is C12H14FNO2. The Labute approximate surface area is 93.6 Å². The van der Waals surface area contributed by atoms with Crippen molar-refractivity contribution in [3.63, 3.8) is 0 Å². The minimum absolute atomic E-state index is 0.0458. The summed E-state index contributed by atoms with van der Waals surface area (Å²) in [5.41, 5.74) is 0.333. The quantitative estimate of drug-likeness (QED) is 0.735. The summed E-state index contributed by atoms with van der Waals surface area (Å²) >= 11 is 0. The normalized spacial score (nSPS) is 19.9. The molecule has 0 bridgehead atoms. The SMILES string of the molecule is O=C(CCC1CCCO1)c1ccc(F)cn1. The molecule has 0 amide bonds. The largest absolute Gasteiger partial charge is 0.378 e. The molecule has 0 radical (unpaired) electrons. The number of ether oxygens (including phenoxy) is 1. The van der Waals surface area contributed by atoms with E-state index in [1.807, 2.05) is 0 Å². The third kappa shape index (κ3) is 2.85. The highest BCUT2D eigenvalue weighted by Gasteiger charge is 2.17. The van der Waals surface area contributed by atoms with Crippen molar-refractivity contribution >= 4 is 5.78 Å². The lowest BCUT2D eigenvalue weighted by molar-refractivity contribution is 0.0856. The van der Waals surface area contributed by atoms with Gasteiger partial charge in [-0.3, -0.25) is 9.78 Å². The number of carbonyl (C=O) groups is 1. The van der Waals surface area contributed by atoms with Crippen molar-refractivity contribution in [1.29, 1.82) is 0 Å². The van der Waals surface area contributed by atoms with Gasteiger partial charge in [-0.05, 0) is 31.4 Å². The van der Waals surface area contributed by atoms with E-state index in [4.69, 9.17) is 4.74 Å². The molecule has 0 N–H and O–H groups in total. The lowest BCUT2D eigenvalue weighted by atomic mass is 10.1. The van der Waals surface area contributed by atoms with Gasteiger partial charge in [0.05, 0.1) is 12.3 Å². The predicted molar refractivity (Wildman–Crippen MR) is 56.7 cm³/mol. The van der Waals surface area contributed by atoms with E-state index < -0.39 is 5.82 Å². The van der Waals surface area contributed by atoms with Crippen LogP contribution in [-0.4, -0.2) is 23.5 Å². The molecule has 16 heavy (non-hydrogen) atoms. The van der Waals surface area contributed by atoms with Gasteiger partial charge in [0.25, 0.3) is 0 Å². The van der Waals surface area contributed by atoms with Gasteiger partial charge in [-0.1, -0.05) is 0 Å². The molecule has 86 valence electrons. The molecule has 1 fully saturated rings. The lowest BCUT2D eigenvalue weighted by Gasteiger charge is -2.07. The topological polar surface area (TPSA) is 39.2 Å². The van der Waals surface area contributed by atoms with E-state index in [0.717, 1.165) is 32.1 Å². The van der Waals surface area contributed by atoms with Crippen molar-refractivity contribution in [1.82, 2.24) is 4.98 Å². The summed E-state index contributed by atoms with van der Waals surface area (Å²) in [6.07, 6.45) is 4.54. The van der Waals surface area contributed by atoms with Crippen molar-refractivity contribution in [2.75, 3.05) is 6.61 Å². The second-order valence-corrected chi connectivity index (χ2v) is 3.96. The Hall–Kier alpha value is -1.29. The predicted octanol–water partition coefficient (Wildman–Crippen LogP) is 2.36. The number of Topliss-reactive ketones (excluding diaryl/α,β-unsaturated/α-hetero) is 1. The molecule has 0 spiro atoms. The maximum Gasteiger partial charge on any atom is 0.181 e. The molecule has 1 atom stereocenters. The number of carbonyl (C=O) groups excluding carboxylic acids is 1. The van der Waals surface area contributed by atoms with Crippen molar-refractivity contribution in [3.8, 4) is 0 Å². The van der Waals surface area contributed by atoms with Gasteiger partial charge in [-0.2, -0.15) is 0 Å². The highest BCUT2D eigenvalue weighted by molar-refractivity contribution is 5.94. The monoisotopic (exact) mass is 223 g/mol. The molecule has 1 unspecified atom stereocenters. The average molecular weight is 223 g/mol. The molecule has 4 heteroatoms. The van der Waals surface area contributed by atoms with E-state index in [9.17, 15) is 9.18 Å². The van der Waals surface area contributed by atoms with E-state index in [0.29, 0.717) is 12.1 Å². The summed E-state index contributed by atoms with van der Waals surface area (Å²) in [5.74, 6) is -0.467. The Bertz CT molecular complexity index is 358. The molecule has 3 nitrogen and oxygen atoms in total. The Balaban J connectivity index is 1.85. The Morgan fingerprint density at radius 2 is 2.44 bits per heavy atom. The van der Waals surface area contributed by atoms with Gasteiger partial charge in [-0.25, -0.2) is 4.39 Å². The van der Waals surface area contributed by atoms with Crippen LogP contribution in [0.15, 0.2) is 18.3 Å². The van der Waals surface area contributed by atoms with E-state index in [1.165, 1.54) is 12.1 Å². The van der Waals surface area contributed by atoms with Crippen LogP contribution in [0.1, 0.15) is 36.2 Å². The maximum atomic E-state index is 12.6. The number of rotatable bonds is 4. The van der Waals surface area contributed by atoms with Crippen molar-refractivity contribution in [3.05, 3.63) is 29.8 Å². The van der Waals surface area contributed by atoms with Gasteiger partial charge < -0.3 is 4.74 Å². The summed E-state index contributed by atoms with van der Waals surface area (Å²) in [7, 11) is 0. The first kappa shape index (κ1) is 11.2. The first-order valence-corrected chi connectivity index (χ1v) is 5.52. The molecule has 0 saturated carbocycles. The molecule has 1 saturated heterocycles. The standard InChI is InChI=1S/C12H14FNO2/c13-9-3-5-11(14-8-9)12(15)6-4-10-2-1-7-16-10/h3,5,8,10H,1-2,4,6-7H2. The van der Waals surface area contributed by atoms with Crippen LogP contribution in [0, 0.1) is 5.82 Å². The van der Waals surface area contributed by atoms with E-state index in [2.05, 4.69) is 4.98 Å². The smallest absolute Gasteiger partial charge is 0.181 e. The van der Waals surface area contributed by atoms with Crippen LogP contribution >= 0.6 is 0 Å². The van der Waals surface area contributed by atoms with Gasteiger partial charge in [-0.15, -0.1) is 0 Å². The zero-order valence-corrected chi connectivity index (χ0v) is 8.99. The van der Waals surface area contributed by atoms with Crippen LogP contribution in [-0.2, 0) is 4.74 Å². The van der Waals surface area contributed by atoms with Crippen molar-refractivity contribution in [2.45, 2.75) is 31.8 Å². The number of hydrogen-bond donors (Lipinski definition) is 0. The minimum atomic E-state index is -0.421. The fourth-order valence-electron chi connectivity index (χ4n) is 1.83. The van der Waals surface area contributed by atoms with Gasteiger partial charge >= 0.3 is 0 Å². The number of halogens is 1. The molecular weight excluding hydrogens is 209 g/mol. The zero-order valence-electron chi connectivity index (χ0n) is 8.99. The highest BCUT2D eigenvalue weighted by atomic mass is 19.1.